The molecule has 3 nitrogen and oxygen atoms in total. The minimum absolute atomic E-state index is 0.418. The molecular weight excluding hydrogens is 236 g/mol. The molecule has 0 spiro atoms. The van der Waals surface area contributed by atoms with Gasteiger partial charge in [-0.3, -0.25) is 0 Å². The van der Waals surface area contributed by atoms with E-state index in [1.807, 2.05) is 0 Å². The summed E-state index contributed by atoms with van der Waals surface area (Å²) in [4.78, 5) is 12.8. The van der Waals surface area contributed by atoms with Crippen LogP contribution in [0.15, 0.2) is 18.2 Å². The van der Waals surface area contributed by atoms with Crippen molar-refractivity contribution >= 4 is 12.0 Å². The first-order valence-corrected chi connectivity index (χ1v) is 7.19. The normalized spacial score (nSPS) is 15.7. The molecule has 0 heterocycles. The van der Waals surface area contributed by atoms with Gasteiger partial charge in [-0.25, -0.2) is 0 Å². The van der Waals surface area contributed by atoms with E-state index in [4.69, 9.17) is 0 Å². The van der Waals surface area contributed by atoms with Gasteiger partial charge in [-0.2, -0.15) is 0 Å². The number of carbonyl (C=O) groups is 1. The predicted molar refractivity (Wildman–Crippen MR) is 79.6 cm³/mol. The molecule has 0 aliphatic heterocycles. The molecule has 0 atom stereocenters. The first-order chi connectivity index (χ1) is 9.22. The van der Waals surface area contributed by atoms with Gasteiger partial charge in [-0.15, -0.1) is 0 Å². The Hall–Kier alpha value is -1.35. The van der Waals surface area contributed by atoms with Crippen molar-refractivity contribution in [1.29, 1.82) is 0 Å². The molecular formula is C16H24N2O. The Morgan fingerprint density at radius 1 is 1.37 bits per heavy atom. The minimum atomic E-state index is 0.418. The van der Waals surface area contributed by atoms with Gasteiger partial charge in [0, 0.05) is 25.3 Å². The summed E-state index contributed by atoms with van der Waals surface area (Å²) in [5.41, 5.74) is 3.90. The van der Waals surface area contributed by atoms with Crippen molar-refractivity contribution in [1.82, 2.24) is 5.32 Å². The summed E-state index contributed by atoms with van der Waals surface area (Å²) in [5, 5.41) is 3.12. The summed E-state index contributed by atoms with van der Waals surface area (Å²) in [6.45, 7) is 3.34. The van der Waals surface area contributed by atoms with Crippen molar-refractivity contribution in [2.45, 2.75) is 45.2 Å². The third-order valence-electron chi connectivity index (χ3n) is 4.08. The van der Waals surface area contributed by atoms with E-state index in [9.17, 15) is 4.79 Å². The van der Waals surface area contributed by atoms with E-state index in [1.165, 1.54) is 42.5 Å². The molecule has 0 radical (unpaired) electrons. The number of rotatable bonds is 6. The molecule has 0 amide bonds. The van der Waals surface area contributed by atoms with Crippen LogP contribution in [0.3, 0.4) is 0 Å². The van der Waals surface area contributed by atoms with E-state index in [0.717, 1.165) is 12.8 Å². The number of aryl methyl sites for hydroxylation is 1. The molecule has 1 saturated carbocycles. The van der Waals surface area contributed by atoms with Gasteiger partial charge < -0.3 is 15.0 Å². The standard InChI is InChI=1S/C16H24N2O/c1-13-7-8-14(12-17-9-10-19)11-16(13)18(2)15-5-3-4-6-15/h7-8,10-11,15,17H,3-6,9,12H2,1-2H3. The van der Waals surface area contributed by atoms with Gasteiger partial charge in [0.25, 0.3) is 0 Å². The Kier molecular flexibility index (Phi) is 4.97. The fourth-order valence-corrected chi connectivity index (χ4v) is 2.91. The lowest BCUT2D eigenvalue weighted by Gasteiger charge is -2.28. The number of nitrogens with zero attached hydrogens (tertiary/aromatic N) is 1. The molecule has 2 rings (SSSR count). The molecule has 1 aliphatic carbocycles. The zero-order valence-corrected chi connectivity index (χ0v) is 12.0. The number of benzene rings is 1. The first kappa shape index (κ1) is 14.1. The molecule has 19 heavy (non-hydrogen) atoms. The van der Waals surface area contributed by atoms with Crippen LogP contribution in [0.1, 0.15) is 36.8 Å². The van der Waals surface area contributed by atoms with E-state index in [1.54, 1.807) is 0 Å². The third-order valence-corrected chi connectivity index (χ3v) is 4.08. The van der Waals surface area contributed by atoms with Crippen LogP contribution < -0.4 is 10.2 Å². The van der Waals surface area contributed by atoms with Gasteiger partial charge >= 0.3 is 0 Å². The van der Waals surface area contributed by atoms with Gasteiger partial charge in [0.15, 0.2) is 0 Å². The molecule has 0 bridgehead atoms. The fraction of sp³-hybridized carbons (Fsp3) is 0.562. The maximum atomic E-state index is 10.3. The van der Waals surface area contributed by atoms with Crippen LogP contribution in [0.2, 0.25) is 0 Å². The first-order valence-electron chi connectivity index (χ1n) is 7.19. The number of hydrogen-bond acceptors (Lipinski definition) is 3. The van der Waals surface area contributed by atoms with Crippen molar-refractivity contribution in [2.75, 3.05) is 18.5 Å². The molecule has 1 fully saturated rings. The Morgan fingerprint density at radius 2 is 2.11 bits per heavy atom. The lowest BCUT2D eigenvalue weighted by Crippen LogP contribution is -2.29. The van der Waals surface area contributed by atoms with Gasteiger partial charge in [-0.05, 0) is 37.0 Å². The van der Waals surface area contributed by atoms with Gasteiger partial charge in [0.1, 0.15) is 6.29 Å². The molecule has 1 aromatic rings. The lowest BCUT2D eigenvalue weighted by molar-refractivity contribution is -0.107. The smallest absolute Gasteiger partial charge is 0.133 e. The quantitative estimate of drug-likeness (QED) is 0.630. The molecule has 1 aliphatic rings. The zero-order chi connectivity index (χ0) is 13.7. The summed E-state index contributed by atoms with van der Waals surface area (Å²) in [7, 11) is 2.21. The highest BCUT2D eigenvalue weighted by Gasteiger charge is 2.20. The van der Waals surface area contributed by atoms with Crippen molar-refractivity contribution in [2.24, 2.45) is 0 Å². The van der Waals surface area contributed by atoms with Crippen LogP contribution in [0.25, 0.3) is 0 Å². The Bertz CT molecular complexity index is 425. The molecule has 104 valence electrons. The Balaban J connectivity index is 2.09. The van der Waals surface area contributed by atoms with Crippen LogP contribution in [-0.2, 0) is 11.3 Å². The molecule has 0 aromatic heterocycles. The largest absolute Gasteiger partial charge is 0.371 e. The highest BCUT2D eigenvalue weighted by atomic mass is 16.1. The van der Waals surface area contributed by atoms with E-state index < -0.39 is 0 Å². The molecule has 0 unspecified atom stereocenters. The van der Waals surface area contributed by atoms with E-state index in [2.05, 4.69) is 42.4 Å². The number of aldehydes is 1. The maximum Gasteiger partial charge on any atom is 0.133 e. The Morgan fingerprint density at radius 3 is 2.79 bits per heavy atom. The summed E-state index contributed by atoms with van der Waals surface area (Å²) in [6.07, 6.45) is 6.23. The van der Waals surface area contributed by atoms with Crippen LogP contribution in [0.4, 0.5) is 5.69 Å². The van der Waals surface area contributed by atoms with Crippen molar-refractivity contribution in [3.8, 4) is 0 Å². The number of hydrogen-bond donors (Lipinski definition) is 1. The SMILES string of the molecule is Cc1ccc(CNCC=O)cc1N(C)C1CCCC1. The fourth-order valence-electron chi connectivity index (χ4n) is 2.91. The van der Waals surface area contributed by atoms with E-state index in [-0.39, 0.29) is 0 Å². The number of carbonyl (C=O) groups excluding carboxylic acids is 1. The summed E-state index contributed by atoms with van der Waals surface area (Å²) < 4.78 is 0. The third kappa shape index (κ3) is 3.57. The molecule has 0 saturated heterocycles. The Labute approximate surface area is 116 Å². The van der Waals surface area contributed by atoms with Crippen LogP contribution in [0, 0.1) is 6.92 Å². The summed E-state index contributed by atoms with van der Waals surface area (Å²) >= 11 is 0. The van der Waals surface area contributed by atoms with Gasteiger partial charge in [0.2, 0.25) is 0 Å². The average molecular weight is 260 g/mol. The summed E-state index contributed by atoms with van der Waals surface area (Å²) in [6, 6.07) is 7.26. The van der Waals surface area contributed by atoms with E-state index in [0.29, 0.717) is 12.6 Å². The van der Waals surface area contributed by atoms with Crippen LogP contribution in [0.5, 0.6) is 0 Å². The lowest BCUT2D eigenvalue weighted by atomic mass is 10.1. The molecule has 3 heteroatoms. The molecule has 1 aromatic carbocycles. The van der Waals surface area contributed by atoms with Crippen molar-refractivity contribution < 1.29 is 4.79 Å². The topological polar surface area (TPSA) is 32.3 Å². The number of nitrogens with one attached hydrogen (secondary N) is 1. The molecule has 1 N–H and O–H groups in total. The van der Waals surface area contributed by atoms with Crippen molar-refractivity contribution in [3.63, 3.8) is 0 Å². The highest BCUT2D eigenvalue weighted by Crippen LogP contribution is 2.29. The predicted octanol–water partition coefficient (Wildman–Crippen LogP) is 2.66. The zero-order valence-electron chi connectivity index (χ0n) is 12.0. The van der Waals surface area contributed by atoms with Crippen molar-refractivity contribution in [3.05, 3.63) is 29.3 Å². The van der Waals surface area contributed by atoms with Gasteiger partial charge in [0.05, 0.1) is 6.54 Å². The van der Waals surface area contributed by atoms with Crippen LogP contribution >= 0.6 is 0 Å². The second kappa shape index (κ2) is 6.71. The monoisotopic (exact) mass is 260 g/mol. The minimum Gasteiger partial charge on any atom is -0.371 e. The van der Waals surface area contributed by atoms with Gasteiger partial charge in [-0.1, -0.05) is 25.0 Å². The highest BCUT2D eigenvalue weighted by molar-refractivity contribution is 5.55. The van der Waals surface area contributed by atoms with Crippen LogP contribution in [-0.4, -0.2) is 25.9 Å². The maximum absolute atomic E-state index is 10.3. The summed E-state index contributed by atoms with van der Waals surface area (Å²) in [5.74, 6) is 0. The second-order valence-electron chi connectivity index (χ2n) is 5.47. The van der Waals surface area contributed by atoms with E-state index >= 15 is 0 Å². The number of anilines is 1. The average Bonchev–Trinajstić information content (AvgIpc) is 2.94. The second-order valence-corrected chi connectivity index (χ2v) is 5.47.